The summed E-state index contributed by atoms with van der Waals surface area (Å²) in [7, 11) is 0. The topological polar surface area (TPSA) is 17.1 Å². The van der Waals surface area contributed by atoms with Gasteiger partial charge in [0.2, 0.25) is 0 Å². The quantitative estimate of drug-likeness (QED) is 0.176. The van der Waals surface area contributed by atoms with Crippen molar-refractivity contribution in [2.45, 2.75) is 94.8 Å². The predicted octanol–water partition coefficient (Wildman–Crippen LogP) is 8.66. The molecule has 0 aliphatic rings. The summed E-state index contributed by atoms with van der Waals surface area (Å²) in [6.45, 7) is 0. The van der Waals surface area contributed by atoms with Crippen molar-refractivity contribution in [2.75, 3.05) is 5.75 Å². The van der Waals surface area contributed by atoms with Crippen LogP contribution < -0.4 is 0 Å². The van der Waals surface area contributed by atoms with Crippen LogP contribution in [0.25, 0.3) is 0 Å². The van der Waals surface area contributed by atoms with Crippen LogP contribution in [0.15, 0.2) is 65.6 Å². The summed E-state index contributed by atoms with van der Waals surface area (Å²) < 4.78 is 0. The number of benzene rings is 2. The van der Waals surface area contributed by atoms with Gasteiger partial charge in [-0.3, -0.25) is 4.79 Å². The molecule has 0 aromatic heterocycles. The van der Waals surface area contributed by atoms with Crippen LogP contribution in [0.1, 0.15) is 89.0 Å². The molecule has 164 valence electrons. The number of unbranched alkanes of at least 4 members (excludes halogenated alkanes) is 11. The number of ketones is 1. The molecule has 2 aromatic carbocycles. The van der Waals surface area contributed by atoms with Gasteiger partial charge >= 0.3 is 0 Å². The van der Waals surface area contributed by atoms with E-state index in [9.17, 15) is 4.79 Å². The Kier molecular flexibility index (Phi) is 14.2. The zero-order valence-corrected chi connectivity index (χ0v) is 19.5. The molecule has 0 heterocycles. The minimum absolute atomic E-state index is 0.396. The Morgan fingerprint density at radius 1 is 0.567 bits per heavy atom. The molecule has 0 fully saturated rings. The second-order valence-electron chi connectivity index (χ2n) is 8.37. The first-order chi connectivity index (χ1) is 14.8. The number of aryl methyl sites for hydroxylation is 1. The van der Waals surface area contributed by atoms with Crippen LogP contribution in [-0.2, 0) is 11.2 Å². The van der Waals surface area contributed by atoms with E-state index in [-0.39, 0.29) is 0 Å². The van der Waals surface area contributed by atoms with Gasteiger partial charge in [-0.1, -0.05) is 113 Å². The zero-order chi connectivity index (χ0) is 21.1. The van der Waals surface area contributed by atoms with Crippen molar-refractivity contribution in [1.29, 1.82) is 0 Å². The summed E-state index contributed by atoms with van der Waals surface area (Å²) in [6, 6.07) is 21.1. The van der Waals surface area contributed by atoms with Crippen LogP contribution in [0, 0.1) is 0 Å². The fourth-order valence-corrected chi connectivity index (χ4v) is 4.64. The van der Waals surface area contributed by atoms with Gasteiger partial charge in [0.15, 0.2) is 0 Å². The maximum atomic E-state index is 12.0. The van der Waals surface area contributed by atoms with E-state index < -0.39 is 0 Å². The van der Waals surface area contributed by atoms with E-state index in [1.54, 1.807) is 11.8 Å². The molecule has 0 atom stereocenters. The lowest BCUT2D eigenvalue weighted by atomic mass is 10.0. The molecule has 1 nitrogen and oxygen atoms in total. The third-order valence-corrected chi connectivity index (χ3v) is 6.73. The smallest absolute Gasteiger partial charge is 0.143 e. The Balaban J connectivity index is 1.28. The summed E-state index contributed by atoms with van der Waals surface area (Å²) in [4.78, 5) is 13.2. The zero-order valence-electron chi connectivity index (χ0n) is 18.7. The molecule has 0 bridgehead atoms. The van der Waals surface area contributed by atoms with E-state index in [0.717, 1.165) is 12.8 Å². The maximum Gasteiger partial charge on any atom is 0.143 e. The molecule has 2 aromatic rings. The number of hydrogen-bond donors (Lipinski definition) is 0. The van der Waals surface area contributed by atoms with Crippen molar-refractivity contribution in [2.24, 2.45) is 0 Å². The van der Waals surface area contributed by atoms with Crippen LogP contribution in [0.3, 0.4) is 0 Å². The normalized spacial score (nSPS) is 10.9. The molecule has 0 unspecified atom stereocenters. The van der Waals surface area contributed by atoms with E-state index in [4.69, 9.17) is 0 Å². The first-order valence-electron chi connectivity index (χ1n) is 12.1. The summed E-state index contributed by atoms with van der Waals surface area (Å²) >= 11 is 1.66. The molecule has 0 saturated carbocycles. The fraction of sp³-hybridized carbons (Fsp3) is 0.536. The van der Waals surface area contributed by atoms with Crippen molar-refractivity contribution in [3.63, 3.8) is 0 Å². The Bertz CT molecular complexity index is 653. The molecule has 2 heteroatoms. The van der Waals surface area contributed by atoms with Crippen LogP contribution in [0.4, 0.5) is 0 Å². The second-order valence-corrected chi connectivity index (χ2v) is 9.42. The van der Waals surface area contributed by atoms with Gasteiger partial charge in [0.1, 0.15) is 5.78 Å². The van der Waals surface area contributed by atoms with Gasteiger partial charge in [-0.05, 0) is 37.0 Å². The largest absolute Gasteiger partial charge is 0.299 e. The summed E-state index contributed by atoms with van der Waals surface area (Å²) in [6.07, 6.45) is 17.9. The molecule has 0 spiro atoms. The molecular weight excluding hydrogens is 384 g/mol. The highest BCUT2D eigenvalue weighted by molar-refractivity contribution is 8.00. The first-order valence-corrected chi connectivity index (χ1v) is 13.1. The molecule has 0 saturated heterocycles. The number of rotatable bonds is 18. The Hall–Kier alpha value is -1.54. The summed E-state index contributed by atoms with van der Waals surface area (Å²) in [5.74, 6) is 1.02. The summed E-state index contributed by atoms with van der Waals surface area (Å²) in [5.41, 5.74) is 1.48. The van der Waals surface area contributed by atoms with Gasteiger partial charge in [-0.25, -0.2) is 0 Å². The lowest BCUT2D eigenvalue weighted by Crippen LogP contribution is -2.00. The Morgan fingerprint density at radius 2 is 1.03 bits per heavy atom. The average molecular weight is 425 g/mol. The van der Waals surface area contributed by atoms with Crippen LogP contribution in [0.2, 0.25) is 0 Å². The minimum atomic E-state index is 0.396. The number of carbonyl (C=O) groups excluding carboxylic acids is 1. The van der Waals surface area contributed by atoms with Crippen molar-refractivity contribution >= 4 is 17.5 Å². The highest BCUT2D eigenvalue weighted by Crippen LogP contribution is 2.18. The minimum Gasteiger partial charge on any atom is -0.299 e. The Labute approximate surface area is 189 Å². The van der Waals surface area contributed by atoms with E-state index in [1.807, 2.05) is 18.2 Å². The standard InChI is InChI=1S/C28H40OS/c29-27(25-30-28-23-17-12-18-24-28)22-16-10-8-6-4-2-1-3-5-7-9-13-19-26-20-14-11-15-21-26/h11-12,14-15,17-18,20-21,23-24H,1-10,13,16,19,22,25H2. The molecule has 0 N–H and O–H groups in total. The molecule has 2 rings (SSSR count). The molecule has 0 aliphatic heterocycles. The molecule has 0 aliphatic carbocycles. The van der Waals surface area contributed by atoms with Gasteiger partial charge in [-0.2, -0.15) is 0 Å². The number of hydrogen-bond acceptors (Lipinski definition) is 2. The third kappa shape index (κ3) is 12.9. The van der Waals surface area contributed by atoms with Crippen molar-refractivity contribution in [3.05, 3.63) is 66.2 Å². The van der Waals surface area contributed by atoms with Gasteiger partial charge < -0.3 is 0 Å². The highest BCUT2D eigenvalue weighted by atomic mass is 32.2. The third-order valence-electron chi connectivity index (χ3n) is 5.66. The van der Waals surface area contributed by atoms with Crippen molar-refractivity contribution in [3.8, 4) is 0 Å². The van der Waals surface area contributed by atoms with E-state index in [2.05, 4.69) is 42.5 Å². The van der Waals surface area contributed by atoms with E-state index in [0.29, 0.717) is 11.5 Å². The fourth-order valence-electron chi connectivity index (χ4n) is 3.82. The number of carbonyl (C=O) groups is 1. The lowest BCUT2D eigenvalue weighted by molar-refractivity contribution is -0.116. The van der Waals surface area contributed by atoms with Gasteiger partial charge in [0, 0.05) is 11.3 Å². The average Bonchev–Trinajstić information content (AvgIpc) is 2.79. The van der Waals surface area contributed by atoms with Gasteiger partial charge in [-0.15, -0.1) is 11.8 Å². The van der Waals surface area contributed by atoms with Crippen LogP contribution >= 0.6 is 11.8 Å². The lowest BCUT2D eigenvalue weighted by Gasteiger charge is -2.04. The van der Waals surface area contributed by atoms with Crippen molar-refractivity contribution < 1.29 is 4.79 Å². The van der Waals surface area contributed by atoms with Gasteiger partial charge in [0.25, 0.3) is 0 Å². The Morgan fingerprint density at radius 3 is 1.60 bits per heavy atom. The highest BCUT2D eigenvalue weighted by Gasteiger charge is 2.03. The van der Waals surface area contributed by atoms with Gasteiger partial charge in [0.05, 0.1) is 5.75 Å². The van der Waals surface area contributed by atoms with Crippen LogP contribution in [-0.4, -0.2) is 11.5 Å². The van der Waals surface area contributed by atoms with E-state index in [1.165, 1.54) is 87.5 Å². The first kappa shape index (κ1) is 24.7. The molecular formula is C28H40OS. The van der Waals surface area contributed by atoms with Crippen molar-refractivity contribution in [1.82, 2.24) is 0 Å². The second kappa shape index (κ2) is 17.2. The molecule has 0 amide bonds. The number of thioether (sulfide) groups is 1. The number of Topliss-reactive ketones (excluding diaryl/α,β-unsaturated/α-hetero) is 1. The monoisotopic (exact) mass is 424 g/mol. The van der Waals surface area contributed by atoms with Crippen LogP contribution in [0.5, 0.6) is 0 Å². The summed E-state index contributed by atoms with van der Waals surface area (Å²) in [5, 5.41) is 0. The predicted molar refractivity (Wildman–Crippen MR) is 132 cm³/mol. The van der Waals surface area contributed by atoms with E-state index >= 15 is 0 Å². The maximum absolute atomic E-state index is 12.0. The molecule has 0 radical (unpaired) electrons. The molecule has 30 heavy (non-hydrogen) atoms. The SMILES string of the molecule is O=C(CCCCCCCCCCCCCCc1ccccc1)CSc1ccccc1.